The highest BCUT2D eigenvalue weighted by molar-refractivity contribution is 6.31. The average molecular weight is 401 g/mol. The predicted molar refractivity (Wildman–Crippen MR) is 114 cm³/mol. The molecule has 2 aromatic rings. The predicted octanol–water partition coefficient (Wildman–Crippen LogP) is 4.72. The summed E-state index contributed by atoms with van der Waals surface area (Å²) >= 11 is 6.06. The van der Waals surface area contributed by atoms with E-state index in [1.165, 1.54) is 31.5 Å². The lowest BCUT2D eigenvalue weighted by atomic mass is 10.1. The van der Waals surface area contributed by atoms with Gasteiger partial charge in [0.25, 0.3) is 5.91 Å². The smallest absolute Gasteiger partial charge is 0.261 e. The number of amides is 1. The normalized spacial score (nSPS) is 15.4. The van der Waals surface area contributed by atoms with Crippen LogP contribution in [0.5, 0.6) is 5.75 Å². The second-order valence-corrected chi connectivity index (χ2v) is 7.85. The summed E-state index contributed by atoms with van der Waals surface area (Å²) in [7, 11) is 0. The van der Waals surface area contributed by atoms with E-state index in [1.807, 2.05) is 19.9 Å². The van der Waals surface area contributed by atoms with Crippen LogP contribution in [-0.2, 0) is 17.9 Å². The van der Waals surface area contributed by atoms with Crippen LogP contribution in [0.2, 0.25) is 5.02 Å². The van der Waals surface area contributed by atoms with Crippen LogP contribution >= 0.6 is 11.6 Å². The number of carbonyl (C=O) groups is 1. The number of hydrogen-bond donors (Lipinski definition) is 1. The lowest BCUT2D eigenvalue weighted by Crippen LogP contribution is -2.37. The van der Waals surface area contributed by atoms with Gasteiger partial charge in [-0.25, -0.2) is 0 Å². The van der Waals surface area contributed by atoms with E-state index < -0.39 is 6.10 Å². The first kappa shape index (κ1) is 20.7. The van der Waals surface area contributed by atoms with E-state index in [0.717, 1.165) is 17.7 Å². The fourth-order valence-electron chi connectivity index (χ4n) is 3.52. The second kappa shape index (κ2) is 9.94. The molecule has 1 unspecified atom stereocenters. The van der Waals surface area contributed by atoms with Gasteiger partial charge in [-0.1, -0.05) is 42.8 Å². The minimum Gasteiger partial charge on any atom is -0.481 e. The van der Waals surface area contributed by atoms with Crippen LogP contribution in [0.4, 0.5) is 0 Å². The largest absolute Gasteiger partial charge is 0.481 e. The first-order chi connectivity index (χ1) is 13.5. The topological polar surface area (TPSA) is 41.6 Å². The maximum atomic E-state index is 12.6. The number of likely N-dealkylation sites (tertiary alicyclic amines) is 1. The second-order valence-electron chi connectivity index (χ2n) is 7.45. The highest BCUT2D eigenvalue weighted by Crippen LogP contribution is 2.22. The molecule has 1 saturated heterocycles. The standard InChI is InChI=1S/C23H29ClN2O2/c1-3-22(28-20-9-10-21(24)17(2)13-20)23(27)25-15-18-7-6-8-19(14-18)16-26-11-4-5-12-26/h6-10,13-14,22H,3-5,11-12,15-16H2,1-2H3,(H,25,27). The minimum absolute atomic E-state index is 0.0972. The molecule has 1 atom stereocenters. The fourth-order valence-corrected chi connectivity index (χ4v) is 3.63. The van der Waals surface area contributed by atoms with Crippen LogP contribution in [0.25, 0.3) is 0 Å². The van der Waals surface area contributed by atoms with Gasteiger partial charge in [-0.15, -0.1) is 0 Å². The highest BCUT2D eigenvalue weighted by atomic mass is 35.5. The van der Waals surface area contributed by atoms with Crippen LogP contribution in [0.1, 0.15) is 42.9 Å². The Balaban J connectivity index is 1.55. The van der Waals surface area contributed by atoms with E-state index in [1.54, 1.807) is 12.1 Å². The molecule has 1 fully saturated rings. The molecule has 0 aromatic heterocycles. The Labute approximate surface area is 172 Å². The molecule has 1 heterocycles. The Bertz CT molecular complexity index is 803. The summed E-state index contributed by atoms with van der Waals surface area (Å²) in [6.45, 7) is 7.72. The first-order valence-corrected chi connectivity index (χ1v) is 10.4. The lowest BCUT2D eigenvalue weighted by Gasteiger charge is -2.18. The molecule has 1 N–H and O–H groups in total. The van der Waals surface area contributed by atoms with Gasteiger partial charge in [0, 0.05) is 18.1 Å². The summed E-state index contributed by atoms with van der Waals surface area (Å²) < 4.78 is 5.88. The number of ether oxygens (including phenoxy) is 1. The summed E-state index contributed by atoms with van der Waals surface area (Å²) in [5, 5.41) is 3.71. The van der Waals surface area contributed by atoms with Crippen molar-refractivity contribution in [3.05, 3.63) is 64.2 Å². The number of hydrogen-bond acceptors (Lipinski definition) is 3. The Morgan fingerprint density at radius 2 is 1.93 bits per heavy atom. The third-order valence-corrected chi connectivity index (χ3v) is 5.56. The van der Waals surface area contributed by atoms with Gasteiger partial charge in [0.15, 0.2) is 6.10 Å². The molecular weight excluding hydrogens is 372 g/mol. The Hall–Kier alpha value is -2.04. The van der Waals surface area contributed by atoms with E-state index in [-0.39, 0.29) is 5.91 Å². The van der Waals surface area contributed by atoms with Gasteiger partial charge < -0.3 is 10.1 Å². The van der Waals surface area contributed by atoms with E-state index in [9.17, 15) is 4.79 Å². The van der Waals surface area contributed by atoms with Crippen molar-refractivity contribution < 1.29 is 9.53 Å². The van der Waals surface area contributed by atoms with Crippen LogP contribution < -0.4 is 10.1 Å². The quantitative estimate of drug-likeness (QED) is 0.697. The molecule has 1 amide bonds. The number of halogens is 1. The number of rotatable bonds is 8. The maximum Gasteiger partial charge on any atom is 0.261 e. The number of benzene rings is 2. The van der Waals surface area contributed by atoms with Gasteiger partial charge >= 0.3 is 0 Å². The van der Waals surface area contributed by atoms with Gasteiger partial charge in [0.1, 0.15) is 5.75 Å². The zero-order valence-electron chi connectivity index (χ0n) is 16.7. The van der Waals surface area contributed by atoms with Crippen LogP contribution in [0.15, 0.2) is 42.5 Å². The van der Waals surface area contributed by atoms with Gasteiger partial charge in [-0.2, -0.15) is 0 Å². The van der Waals surface area contributed by atoms with Crippen molar-refractivity contribution in [2.75, 3.05) is 13.1 Å². The van der Waals surface area contributed by atoms with Crippen molar-refractivity contribution in [3.8, 4) is 5.75 Å². The van der Waals surface area contributed by atoms with Gasteiger partial charge in [0.05, 0.1) is 0 Å². The van der Waals surface area contributed by atoms with E-state index >= 15 is 0 Å². The molecular formula is C23H29ClN2O2. The Kier molecular flexibility index (Phi) is 7.35. The lowest BCUT2D eigenvalue weighted by molar-refractivity contribution is -0.128. The van der Waals surface area contributed by atoms with Crippen molar-refractivity contribution >= 4 is 17.5 Å². The molecule has 1 aliphatic rings. The van der Waals surface area contributed by atoms with E-state index in [0.29, 0.717) is 23.7 Å². The zero-order chi connectivity index (χ0) is 19.9. The zero-order valence-corrected chi connectivity index (χ0v) is 17.5. The molecule has 0 spiro atoms. The third-order valence-electron chi connectivity index (χ3n) is 5.13. The van der Waals surface area contributed by atoms with Crippen molar-refractivity contribution in [2.45, 2.75) is 52.3 Å². The Morgan fingerprint density at radius 1 is 1.18 bits per heavy atom. The molecule has 0 saturated carbocycles. The number of nitrogens with one attached hydrogen (secondary N) is 1. The molecule has 150 valence electrons. The summed E-state index contributed by atoms with van der Waals surface area (Å²) in [5.41, 5.74) is 3.35. The maximum absolute atomic E-state index is 12.6. The molecule has 1 aliphatic heterocycles. The van der Waals surface area contributed by atoms with Gasteiger partial charge in [0.2, 0.25) is 0 Å². The van der Waals surface area contributed by atoms with E-state index in [2.05, 4.69) is 34.5 Å². The van der Waals surface area contributed by atoms with Crippen LogP contribution in [-0.4, -0.2) is 30.0 Å². The summed E-state index contributed by atoms with van der Waals surface area (Å²) in [4.78, 5) is 15.1. The van der Waals surface area contributed by atoms with Gasteiger partial charge in [-0.3, -0.25) is 9.69 Å². The number of nitrogens with zero attached hydrogens (tertiary/aromatic N) is 1. The van der Waals surface area contributed by atoms with E-state index in [4.69, 9.17) is 16.3 Å². The van der Waals surface area contributed by atoms with Gasteiger partial charge in [-0.05, 0) is 74.2 Å². The van der Waals surface area contributed by atoms with Crippen molar-refractivity contribution in [3.63, 3.8) is 0 Å². The molecule has 2 aromatic carbocycles. The molecule has 28 heavy (non-hydrogen) atoms. The molecule has 0 radical (unpaired) electrons. The fraction of sp³-hybridized carbons (Fsp3) is 0.435. The van der Waals surface area contributed by atoms with Crippen molar-refractivity contribution in [2.24, 2.45) is 0 Å². The molecule has 3 rings (SSSR count). The first-order valence-electron chi connectivity index (χ1n) is 10.1. The van der Waals surface area contributed by atoms with Crippen LogP contribution in [0, 0.1) is 6.92 Å². The summed E-state index contributed by atoms with van der Waals surface area (Å²) in [6.07, 6.45) is 2.67. The third kappa shape index (κ3) is 5.73. The van der Waals surface area contributed by atoms with Crippen LogP contribution in [0.3, 0.4) is 0 Å². The SMILES string of the molecule is CCC(Oc1ccc(Cl)c(C)c1)C(=O)NCc1cccc(CN2CCCC2)c1. The summed E-state index contributed by atoms with van der Waals surface area (Å²) in [5.74, 6) is 0.566. The average Bonchev–Trinajstić information content (AvgIpc) is 3.20. The number of carbonyl (C=O) groups excluding carboxylic acids is 1. The van der Waals surface area contributed by atoms with Crippen molar-refractivity contribution in [1.29, 1.82) is 0 Å². The minimum atomic E-state index is -0.520. The molecule has 0 aliphatic carbocycles. The van der Waals surface area contributed by atoms with Crippen molar-refractivity contribution in [1.82, 2.24) is 10.2 Å². The number of aryl methyl sites for hydroxylation is 1. The summed E-state index contributed by atoms with van der Waals surface area (Å²) in [6, 6.07) is 13.9. The molecule has 4 nitrogen and oxygen atoms in total. The molecule has 0 bridgehead atoms. The molecule has 5 heteroatoms. The Morgan fingerprint density at radius 3 is 2.64 bits per heavy atom. The monoisotopic (exact) mass is 400 g/mol. The highest BCUT2D eigenvalue weighted by Gasteiger charge is 2.18.